The molecule has 0 saturated heterocycles. The van der Waals surface area contributed by atoms with Crippen LogP contribution in [0.3, 0.4) is 0 Å². The largest absolute Gasteiger partial charge is 0.340 e. The Labute approximate surface area is 100 Å². The fourth-order valence-corrected chi connectivity index (χ4v) is 1.29. The summed E-state index contributed by atoms with van der Waals surface area (Å²) >= 11 is 0. The molecule has 0 radical (unpaired) electrons. The Morgan fingerprint density at radius 2 is 1.88 bits per heavy atom. The number of hydroxylamine groups is 2. The van der Waals surface area contributed by atoms with Crippen LogP contribution in [0.2, 0.25) is 0 Å². The summed E-state index contributed by atoms with van der Waals surface area (Å²) in [6.07, 6.45) is 0. The van der Waals surface area contributed by atoms with Crippen molar-refractivity contribution in [3.05, 3.63) is 35.9 Å². The van der Waals surface area contributed by atoms with Gasteiger partial charge in [0.1, 0.15) is 6.04 Å². The Balaban J connectivity index is 2.61. The lowest BCUT2D eigenvalue weighted by Crippen LogP contribution is -2.45. The van der Waals surface area contributed by atoms with E-state index in [0.717, 1.165) is 5.06 Å². The highest BCUT2D eigenvalue weighted by molar-refractivity contribution is 5.97. The molecule has 0 spiro atoms. The highest BCUT2D eigenvalue weighted by Crippen LogP contribution is 2.00. The SMILES string of the molecule is CON(C)C(=O)[C@H](C)NC(=O)c1ccccc1. The van der Waals surface area contributed by atoms with Gasteiger partial charge >= 0.3 is 0 Å². The lowest BCUT2D eigenvalue weighted by atomic mass is 10.2. The molecule has 1 aromatic carbocycles. The van der Waals surface area contributed by atoms with Gasteiger partial charge in [-0.1, -0.05) is 18.2 Å². The lowest BCUT2D eigenvalue weighted by Gasteiger charge is -2.19. The molecule has 0 aromatic heterocycles. The fourth-order valence-electron chi connectivity index (χ4n) is 1.29. The van der Waals surface area contributed by atoms with Crippen LogP contribution in [0.15, 0.2) is 30.3 Å². The fraction of sp³-hybridized carbons (Fsp3) is 0.333. The van der Waals surface area contributed by atoms with Crippen LogP contribution in [0.1, 0.15) is 17.3 Å². The first-order valence-corrected chi connectivity index (χ1v) is 5.24. The number of hydrogen-bond acceptors (Lipinski definition) is 3. The minimum absolute atomic E-state index is 0.282. The molecule has 0 saturated carbocycles. The van der Waals surface area contributed by atoms with Crippen LogP contribution < -0.4 is 5.32 Å². The van der Waals surface area contributed by atoms with Crippen LogP contribution in [0.4, 0.5) is 0 Å². The number of rotatable bonds is 4. The number of carbonyl (C=O) groups is 2. The molecule has 0 aliphatic rings. The zero-order chi connectivity index (χ0) is 12.8. The summed E-state index contributed by atoms with van der Waals surface area (Å²) in [7, 11) is 2.89. The minimum Gasteiger partial charge on any atom is -0.340 e. The van der Waals surface area contributed by atoms with Gasteiger partial charge in [0.2, 0.25) is 0 Å². The molecule has 92 valence electrons. The van der Waals surface area contributed by atoms with Gasteiger partial charge in [-0.15, -0.1) is 0 Å². The summed E-state index contributed by atoms with van der Waals surface area (Å²) in [5, 5.41) is 3.68. The summed E-state index contributed by atoms with van der Waals surface area (Å²) in [6.45, 7) is 1.61. The average molecular weight is 236 g/mol. The van der Waals surface area contributed by atoms with E-state index in [9.17, 15) is 9.59 Å². The maximum atomic E-state index is 11.7. The van der Waals surface area contributed by atoms with Crippen molar-refractivity contribution < 1.29 is 14.4 Å². The van der Waals surface area contributed by atoms with Crippen LogP contribution in [-0.4, -0.2) is 37.1 Å². The summed E-state index contributed by atoms with van der Waals surface area (Å²) < 4.78 is 0. The Morgan fingerprint density at radius 3 is 2.41 bits per heavy atom. The topological polar surface area (TPSA) is 58.6 Å². The van der Waals surface area contributed by atoms with Crippen molar-refractivity contribution in [2.45, 2.75) is 13.0 Å². The van der Waals surface area contributed by atoms with Gasteiger partial charge in [0, 0.05) is 12.6 Å². The van der Waals surface area contributed by atoms with Crippen LogP contribution in [0.25, 0.3) is 0 Å². The molecule has 0 heterocycles. The van der Waals surface area contributed by atoms with Crippen molar-refractivity contribution >= 4 is 11.8 Å². The number of benzene rings is 1. The number of carbonyl (C=O) groups excluding carboxylic acids is 2. The second-order valence-corrected chi connectivity index (χ2v) is 3.58. The summed E-state index contributed by atoms with van der Waals surface area (Å²) in [6, 6.07) is 8.10. The molecule has 17 heavy (non-hydrogen) atoms. The minimum atomic E-state index is -0.632. The van der Waals surface area contributed by atoms with Gasteiger partial charge in [-0.25, -0.2) is 5.06 Å². The molecule has 0 unspecified atom stereocenters. The second kappa shape index (κ2) is 6.00. The third-order valence-electron chi connectivity index (χ3n) is 2.34. The van der Waals surface area contributed by atoms with Crippen LogP contribution in [0.5, 0.6) is 0 Å². The maximum Gasteiger partial charge on any atom is 0.268 e. The van der Waals surface area contributed by atoms with Crippen LogP contribution in [-0.2, 0) is 9.63 Å². The van der Waals surface area contributed by atoms with Crippen molar-refractivity contribution in [2.24, 2.45) is 0 Å². The molecule has 5 nitrogen and oxygen atoms in total. The van der Waals surface area contributed by atoms with E-state index in [-0.39, 0.29) is 11.8 Å². The van der Waals surface area contributed by atoms with E-state index in [1.54, 1.807) is 31.2 Å². The van der Waals surface area contributed by atoms with E-state index in [0.29, 0.717) is 5.56 Å². The summed E-state index contributed by atoms with van der Waals surface area (Å²) in [5.74, 6) is -0.590. The predicted octanol–water partition coefficient (Wildman–Crippen LogP) is 0.825. The maximum absolute atomic E-state index is 11.7. The highest BCUT2D eigenvalue weighted by Gasteiger charge is 2.19. The smallest absolute Gasteiger partial charge is 0.268 e. The molecule has 1 atom stereocenters. The van der Waals surface area contributed by atoms with E-state index in [1.165, 1.54) is 14.2 Å². The number of nitrogens with one attached hydrogen (secondary N) is 1. The first-order valence-electron chi connectivity index (χ1n) is 5.24. The molecule has 0 aliphatic heterocycles. The number of nitrogens with zero attached hydrogens (tertiary/aromatic N) is 1. The molecule has 2 amide bonds. The summed E-state index contributed by atoms with van der Waals surface area (Å²) in [4.78, 5) is 28.1. The zero-order valence-electron chi connectivity index (χ0n) is 10.1. The van der Waals surface area contributed by atoms with Crippen molar-refractivity contribution in [3.8, 4) is 0 Å². The zero-order valence-corrected chi connectivity index (χ0v) is 10.1. The lowest BCUT2D eigenvalue weighted by molar-refractivity contribution is -0.170. The van der Waals surface area contributed by atoms with Gasteiger partial charge in [0.25, 0.3) is 11.8 Å². The molecule has 1 aromatic rings. The normalized spacial score (nSPS) is 11.7. The number of hydrogen-bond donors (Lipinski definition) is 1. The molecule has 5 heteroatoms. The Bertz CT molecular complexity index is 392. The van der Waals surface area contributed by atoms with E-state index < -0.39 is 6.04 Å². The average Bonchev–Trinajstić information content (AvgIpc) is 2.37. The van der Waals surface area contributed by atoms with E-state index in [4.69, 9.17) is 4.84 Å². The van der Waals surface area contributed by atoms with Crippen LogP contribution >= 0.6 is 0 Å². The van der Waals surface area contributed by atoms with E-state index in [2.05, 4.69) is 5.32 Å². The quantitative estimate of drug-likeness (QED) is 0.787. The van der Waals surface area contributed by atoms with Crippen molar-refractivity contribution in [2.75, 3.05) is 14.2 Å². The molecule has 0 bridgehead atoms. The molecular weight excluding hydrogens is 220 g/mol. The van der Waals surface area contributed by atoms with Crippen molar-refractivity contribution in [1.29, 1.82) is 0 Å². The number of amides is 2. The first-order chi connectivity index (χ1) is 8.06. The van der Waals surface area contributed by atoms with Gasteiger partial charge < -0.3 is 5.32 Å². The van der Waals surface area contributed by atoms with E-state index in [1.807, 2.05) is 6.07 Å². The Morgan fingerprint density at radius 1 is 1.29 bits per heavy atom. The monoisotopic (exact) mass is 236 g/mol. The molecule has 1 N–H and O–H groups in total. The van der Waals surface area contributed by atoms with Gasteiger partial charge in [-0.2, -0.15) is 0 Å². The van der Waals surface area contributed by atoms with Gasteiger partial charge in [0.15, 0.2) is 0 Å². The van der Waals surface area contributed by atoms with Crippen molar-refractivity contribution in [1.82, 2.24) is 10.4 Å². The molecule has 1 rings (SSSR count). The Hall–Kier alpha value is -1.88. The first kappa shape index (κ1) is 13.2. The standard InChI is InChI=1S/C12H16N2O3/c1-9(12(16)14(2)17-3)13-11(15)10-7-5-4-6-8-10/h4-9H,1-3H3,(H,13,15)/t9-/m0/s1. The van der Waals surface area contributed by atoms with Gasteiger partial charge in [-0.05, 0) is 19.1 Å². The second-order valence-electron chi connectivity index (χ2n) is 3.58. The third kappa shape index (κ3) is 3.57. The van der Waals surface area contributed by atoms with E-state index >= 15 is 0 Å². The van der Waals surface area contributed by atoms with Crippen LogP contribution in [0, 0.1) is 0 Å². The van der Waals surface area contributed by atoms with Gasteiger partial charge in [0.05, 0.1) is 7.11 Å². The summed E-state index contributed by atoms with van der Waals surface area (Å²) in [5.41, 5.74) is 0.521. The third-order valence-corrected chi connectivity index (χ3v) is 2.34. The molecule has 0 fully saturated rings. The molecule has 0 aliphatic carbocycles. The number of likely N-dealkylation sites (N-methyl/N-ethyl adjacent to an activating group) is 1. The molecular formula is C12H16N2O3. The van der Waals surface area contributed by atoms with Crippen molar-refractivity contribution in [3.63, 3.8) is 0 Å². The van der Waals surface area contributed by atoms with Gasteiger partial charge in [-0.3, -0.25) is 14.4 Å². The highest BCUT2D eigenvalue weighted by atomic mass is 16.7. The Kier molecular flexibility index (Phi) is 4.66. The predicted molar refractivity (Wildman–Crippen MR) is 63.1 cm³/mol.